The Balaban J connectivity index is 2.54. The van der Waals surface area contributed by atoms with Gasteiger partial charge in [-0.25, -0.2) is 4.39 Å². The molecular formula is C13H14BrFN2O. The SMILES string of the molecule is Cc1nn(C)c(C)c1C(O)c1cc(Br)ccc1F. The van der Waals surface area contributed by atoms with E-state index in [4.69, 9.17) is 0 Å². The monoisotopic (exact) mass is 312 g/mol. The molecule has 0 saturated carbocycles. The molecule has 0 spiro atoms. The first kappa shape index (κ1) is 13.2. The van der Waals surface area contributed by atoms with Crippen molar-refractivity contribution < 1.29 is 9.50 Å². The average Bonchev–Trinajstić information content (AvgIpc) is 2.56. The molecule has 2 aromatic rings. The zero-order chi connectivity index (χ0) is 13.4. The van der Waals surface area contributed by atoms with E-state index in [9.17, 15) is 9.50 Å². The highest BCUT2D eigenvalue weighted by molar-refractivity contribution is 9.10. The fourth-order valence-corrected chi connectivity index (χ4v) is 2.44. The van der Waals surface area contributed by atoms with Gasteiger partial charge in [-0.15, -0.1) is 0 Å². The van der Waals surface area contributed by atoms with Crippen molar-refractivity contribution in [2.75, 3.05) is 0 Å². The van der Waals surface area contributed by atoms with Crippen molar-refractivity contribution in [3.63, 3.8) is 0 Å². The Morgan fingerprint density at radius 2 is 2.06 bits per heavy atom. The molecule has 96 valence electrons. The first-order valence-electron chi connectivity index (χ1n) is 5.55. The van der Waals surface area contributed by atoms with Gasteiger partial charge in [-0.05, 0) is 32.0 Å². The van der Waals surface area contributed by atoms with Gasteiger partial charge in [-0.1, -0.05) is 15.9 Å². The van der Waals surface area contributed by atoms with E-state index >= 15 is 0 Å². The topological polar surface area (TPSA) is 38.0 Å². The van der Waals surface area contributed by atoms with Crippen molar-refractivity contribution in [2.24, 2.45) is 7.05 Å². The summed E-state index contributed by atoms with van der Waals surface area (Å²) in [5.41, 5.74) is 2.46. The highest BCUT2D eigenvalue weighted by Crippen LogP contribution is 2.30. The van der Waals surface area contributed by atoms with E-state index in [1.54, 1.807) is 30.8 Å². The van der Waals surface area contributed by atoms with Gasteiger partial charge in [0.05, 0.1) is 5.69 Å². The van der Waals surface area contributed by atoms with Gasteiger partial charge in [0.25, 0.3) is 0 Å². The van der Waals surface area contributed by atoms with E-state index in [-0.39, 0.29) is 5.56 Å². The molecule has 5 heteroatoms. The Labute approximate surface area is 113 Å². The summed E-state index contributed by atoms with van der Waals surface area (Å²) < 4.78 is 16.2. The number of benzene rings is 1. The normalized spacial score (nSPS) is 12.8. The van der Waals surface area contributed by atoms with E-state index in [1.165, 1.54) is 6.07 Å². The minimum absolute atomic E-state index is 0.253. The maximum Gasteiger partial charge on any atom is 0.129 e. The zero-order valence-corrected chi connectivity index (χ0v) is 12.0. The zero-order valence-electron chi connectivity index (χ0n) is 10.4. The van der Waals surface area contributed by atoms with Crippen LogP contribution in [-0.2, 0) is 7.05 Å². The smallest absolute Gasteiger partial charge is 0.129 e. The number of rotatable bonds is 2. The summed E-state index contributed by atoms with van der Waals surface area (Å²) in [7, 11) is 1.80. The second-order valence-corrected chi connectivity index (χ2v) is 5.19. The van der Waals surface area contributed by atoms with Crippen LogP contribution in [0.4, 0.5) is 4.39 Å². The molecule has 1 N–H and O–H groups in total. The van der Waals surface area contributed by atoms with Crippen LogP contribution < -0.4 is 0 Å². The molecule has 1 atom stereocenters. The molecule has 1 aromatic carbocycles. The predicted molar refractivity (Wildman–Crippen MR) is 70.8 cm³/mol. The fraction of sp³-hybridized carbons (Fsp3) is 0.308. The van der Waals surface area contributed by atoms with Crippen molar-refractivity contribution in [2.45, 2.75) is 20.0 Å². The second-order valence-electron chi connectivity index (χ2n) is 4.28. The van der Waals surface area contributed by atoms with E-state index in [1.807, 2.05) is 6.92 Å². The molecule has 0 fully saturated rings. The number of aliphatic hydroxyl groups excluding tert-OH is 1. The van der Waals surface area contributed by atoms with Gasteiger partial charge in [0.2, 0.25) is 0 Å². The van der Waals surface area contributed by atoms with Crippen LogP contribution in [0, 0.1) is 19.7 Å². The number of aryl methyl sites for hydroxylation is 2. The van der Waals surface area contributed by atoms with E-state index in [0.29, 0.717) is 11.3 Å². The first-order valence-corrected chi connectivity index (χ1v) is 6.34. The molecule has 0 amide bonds. The molecule has 1 unspecified atom stereocenters. The number of nitrogens with zero attached hydrogens (tertiary/aromatic N) is 2. The summed E-state index contributed by atoms with van der Waals surface area (Å²) in [6.45, 7) is 3.66. The minimum Gasteiger partial charge on any atom is -0.383 e. The Hall–Kier alpha value is -1.20. The van der Waals surface area contributed by atoms with Crippen LogP contribution >= 0.6 is 15.9 Å². The lowest BCUT2D eigenvalue weighted by atomic mass is 9.99. The number of aromatic nitrogens is 2. The van der Waals surface area contributed by atoms with Gasteiger partial charge >= 0.3 is 0 Å². The summed E-state index contributed by atoms with van der Waals surface area (Å²) in [5, 5.41) is 14.6. The molecular weight excluding hydrogens is 299 g/mol. The Morgan fingerprint density at radius 3 is 2.61 bits per heavy atom. The average molecular weight is 313 g/mol. The summed E-state index contributed by atoms with van der Waals surface area (Å²) in [6.07, 6.45) is -1.00. The number of aliphatic hydroxyl groups is 1. The number of halogens is 2. The molecule has 0 aliphatic rings. The molecule has 2 rings (SSSR count). The van der Waals surface area contributed by atoms with Crippen molar-refractivity contribution in [1.29, 1.82) is 0 Å². The molecule has 0 aliphatic heterocycles. The highest BCUT2D eigenvalue weighted by atomic mass is 79.9. The van der Waals surface area contributed by atoms with Crippen LogP contribution in [0.3, 0.4) is 0 Å². The third-order valence-corrected chi connectivity index (χ3v) is 3.58. The van der Waals surface area contributed by atoms with Crippen LogP contribution in [0.15, 0.2) is 22.7 Å². The summed E-state index contributed by atoms with van der Waals surface area (Å²) in [5.74, 6) is -0.423. The molecule has 0 bridgehead atoms. The number of hydrogen-bond acceptors (Lipinski definition) is 2. The lowest BCUT2D eigenvalue weighted by molar-refractivity contribution is 0.213. The maximum absolute atomic E-state index is 13.8. The van der Waals surface area contributed by atoms with Crippen LogP contribution in [0.1, 0.15) is 28.6 Å². The molecule has 0 radical (unpaired) electrons. The van der Waals surface area contributed by atoms with E-state index in [2.05, 4.69) is 21.0 Å². The van der Waals surface area contributed by atoms with E-state index in [0.717, 1.165) is 10.2 Å². The van der Waals surface area contributed by atoms with Crippen molar-refractivity contribution in [3.8, 4) is 0 Å². The van der Waals surface area contributed by atoms with Crippen LogP contribution in [-0.4, -0.2) is 14.9 Å². The summed E-state index contributed by atoms with van der Waals surface area (Å²) in [6, 6.07) is 4.53. The molecule has 0 saturated heterocycles. The van der Waals surface area contributed by atoms with Gasteiger partial charge in [-0.3, -0.25) is 4.68 Å². The quantitative estimate of drug-likeness (QED) is 0.925. The third kappa shape index (κ3) is 2.20. The highest BCUT2D eigenvalue weighted by Gasteiger charge is 2.22. The van der Waals surface area contributed by atoms with Gasteiger partial charge in [-0.2, -0.15) is 5.10 Å². The number of hydrogen-bond donors (Lipinski definition) is 1. The largest absolute Gasteiger partial charge is 0.383 e. The van der Waals surface area contributed by atoms with Crippen LogP contribution in [0.2, 0.25) is 0 Å². The van der Waals surface area contributed by atoms with Gasteiger partial charge in [0, 0.05) is 28.3 Å². The lowest BCUT2D eigenvalue weighted by Gasteiger charge is -2.13. The lowest BCUT2D eigenvalue weighted by Crippen LogP contribution is -2.05. The van der Waals surface area contributed by atoms with Crippen LogP contribution in [0.5, 0.6) is 0 Å². The molecule has 3 nitrogen and oxygen atoms in total. The van der Waals surface area contributed by atoms with Gasteiger partial charge in [0.15, 0.2) is 0 Å². The molecule has 1 heterocycles. The minimum atomic E-state index is -1.00. The molecule has 18 heavy (non-hydrogen) atoms. The predicted octanol–water partition coefficient (Wildman–Crippen LogP) is 3.02. The maximum atomic E-state index is 13.8. The third-order valence-electron chi connectivity index (χ3n) is 3.09. The van der Waals surface area contributed by atoms with Gasteiger partial charge in [0.1, 0.15) is 11.9 Å². The standard InChI is InChI=1S/C13H14BrFN2O/c1-7-12(8(2)17(3)16-7)13(18)10-6-9(14)4-5-11(10)15/h4-6,13,18H,1-3H3. The van der Waals surface area contributed by atoms with Gasteiger partial charge < -0.3 is 5.11 Å². The second kappa shape index (κ2) is 4.82. The van der Waals surface area contributed by atoms with Crippen molar-refractivity contribution in [1.82, 2.24) is 9.78 Å². The first-order chi connectivity index (χ1) is 8.41. The van der Waals surface area contributed by atoms with Crippen LogP contribution in [0.25, 0.3) is 0 Å². The Bertz CT molecular complexity index is 595. The van der Waals surface area contributed by atoms with Crippen molar-refractivity contribution >= 4 is 15.9 Å². The van der Waals surface area contributed by atoms with Crippen molar-refractivity contribution in [3.05, 3.63) is 51.0 Å². The summed E-state index contributed by atoms with van der Waals surface area (Å²) in [4.78, 5) is 0. The summed E-state index contributed by atoms with van der Waals surface area (Å²) >= 11 is 3.28. The molecule has 0 aliphatic carbocycles. The fourth-order valence-electron chi connectivity index (χ4n) is 2.07. The van der Waals surface area contributed by atoms with E-state index < -0.39 is 11.9 Å². The Kier molecular flexibility index (Phi) is 3.54. The Morgan fingerprint density at radius 1 is 1.39 bits per heavy atom. The molecule has 1 aromatic heterocycles.